The van der Waals surface area contributed by atoms with Gasteiger partial charge in [-0.05, 0) is 19.3 Å². The van der Waals surface area contributed by atoms with E-state index in [2.05, 4.69) is 23.8 Å². The Bertz CT molecular complexity index is 400. The fourth-order valence-corrected chi connectivity index (χ4v) is 2.80. The normalized spacial score (nSPS) is 13.0. The SMILES string of the molecule is C=CC(=O)ONC(=O)C(CC)(CCCCCCCCCC)OCCCO. The van der Waals surface area contributed by atoms with Gasteiger partial charge in [0.15, 0.2) is 0 Å². The summed E-state index contributed by atoms with van der Waals surface area (Å²) in [6, 6.07) is 0. The average Bonchev–Trinajstić information content (AvgIpc) is 2.66. The highest BCUT2D eigenvalue weighted by molar-refractivity contribution is 5.87. The van der Waals surface area contributed by atoms with Crippen LogP contribution in [0, 0.1) is 0 Å². The summed E-state index contributed by atoms with van der Waals surface area (Å²) >= 11 is 0. The highest BCUT2D eigenvalue weighted by Crippen LogP contribution is 2.25. The second-order valence-electron chi connectivity index (χ2n) is 6.55. The topological polar surface area (TPSA) is 84.9 Å². The van der Waals surface area contributed by atoms with Crippen LogP contribution in [0.5, 0.6) is 0 Å². The Morgan fingerprint density at radius 3 is 2.19 bits per heavy atom. The molecule has 0 saturated carbocycles. The zero-order chi connectivity index (χ0) is 19.7. The molecule has 2 N–H and O–H groups in total. The lowest BCUT2D eigenvalue weighted by molar-refractivity contribution is -0.169. The van der Waals surface area contributed by atoms with Crippen molar-refractivity contribution in [2.24, 2.45) is 0 Å². The Morgan fingerprint density at radius 2 is 1.65 bits per heavy atom. The molecule has 0 aromatic rings. The molecule has 6 heteroatoms. The van der Waals surface area contributed by atoms with Crippen LogP contribution in [0.1, 0.15) is 84.5 Å². The maximum absolute atomic E-state index is 12.5. The van der Waals surface area contributed by atoms with Crippen LogP contribution in [0.25, 0.3) is 0 Å². The molecular formula is C20H37NO5. The Morgan fingerprint density at radius 1 is 1.04 bits per heavy atom. The first-order valence-corrected chi connectivity index (χ1v) is 9.94. The number of amides is 1. The third-order valence-corrected chi connectivity index (χ3v) is 4.51. The molecular weight excluding hydrogens is 334 g/mol. The monoisotopic (exact) mass is 371 g/mol. The number of carbonyl (C=O) groups excluding carboxylic acids is 2. The summed E-state index contributed by atoms with van der Waals surface area (Å²) in [5.74, 6) is -1.18. The summed E-state index contributed by atoms with van der Waals surface area (Å²) in [7, 11) is 0. The Hall–Kier alpha value is -1.40. The molecule has 0 saturated heterocycles. The summed E-state index contributed by atoms with van der Waals surface area (Å²) in [5.41, 5.74) is 1.14. The van der Waals surface area contributed by atoms with Gasteiger partial charge >= 0.3 is 5.97 Å². The summed E-state index contributed by atoms with van der Waals surface area (Å²) in [6.07, 6.45) is 11.8. The molecule has 0 spiro atoms. The van der Waals surface area contributed by atoms with Gasteiger partial charge in [0.25, 0.3) is 5.91 Å². The third kappa shape index (κ3) is 10.6. The molecule has 0 fully saturated rings. The van der Waals surface area contributed by atoms with Gasteiger partial charge in [0, 0.05) is 12.7 Å². The van der Waals surface area contributed by atoms with Crippen LogP contribution in [-0.4, -0.2) is 35.8 Å². The summed E-state index contributed by atoms with van der Waals surface area (Å²) in [4.78, 5) is 28.4. The molecule has 0 bridgehead atoms. The number of nitrogens with one attached hydrogen (secondary N) is 1. The number of hydrogen-bond donors (Lipinski definition) is 2. The van der Waals surface area contributed by atoms with Crippen LogP contribution in [0.15, 0.2) is 12.7 Å². The van der Waals surface area contributed by atoms with Crippen molar-refractivity contribution in [2.45, 2.75) is 90.1 Å². The minimum atomic E-state index is -1.04. The lowest BCUT2D eigenvalue weighted by Crippen LogP contribution is -2.49. The van der Waals surface area contributed by atoms with Gasteiger partial charge < -0.3 is 14.7 Å². The van der Waals surface area contributed by atoms with Gasteiger partial charge in [-0.3, -0.25) is 4.79 Å². The Labute approximate surface area is 158 Å². The van der Waals surface area contributed by atoms with Crippen LogP contribution in [0.3, 0.4) is 0 Å². The molecule has 0 aliphatic rings. The van der Waals surface area contributed by atoms with Crippen LogP contribution in [-0.2, 0) is 19.2 Å². The van der Waals surface area contributed by atoms with Crippen molar-refractivity contribution in [1.29, 1.82) is 0 Å². The van der Waals surface area contributed by atoms with Gasteiger partial charge in [0.2, 0.25) is 0 Å². The van der Waals surface area contributed by atoms with Gasteiger partial charge in [-0.1, -0.05) is 71.8 Å². The van der Waals surface area contributed by atoms with Crippen LogP contribution >= 0.6 is 0 Å². The molecule has 0 aromatic carbocycles. The zero-order valence-corrected chi connectivity index (χ0v) is 16.6. The molecule has 26 heavy (non-hydrogen) atoms. The first-order chi connectivity index (χ1) is 12.6. The van der Waals surface area contributed by atoms with Gasteiger partial charge in [-0.2, -0.15) is 5.48 Å². The summed E-state index contributed by atoms with van der Waals surface area (Å²) < 4.78 is 5.82. The Balaban J connectivity index is 4.48. The van der Waals surface area contributed by atoms with Gasteiger partial charge in [0.1, 0.15) is 5.60 Å². The van der Waals surface area contributed by atoms with E-state index in [9.17, 15) is 9.59 Å². The number of carbonyl (C=O) groups is 2. The van der Waals surface area contributed by atoms with Gasteiger partial charge in [-0.25, -0.2) is 4.79 Å². The Kier molecular flexibility index (Phi) is 15.0. The number of aliphatic hydroxyl groups is 1. The number of aliphatic hydroxyl groups excluding tert-OH is 1. The second-order valence-corrected chi connectivity index (χ2v) is 6.55. The molecule has 1 unspecified atom stereocenters. The van der Waals surface area contributed by atoms with E-state index in [1.54, 1.807) is 0 Å². The van der Waals surface area contributed by atoms with Crippen molar-refractivity contribution in [3.8, 4) is 0 Å². The fraction of sp³-hybridized carbons (Fsp3) is 0.800. The molecule has 0 rings (SSSR count). The summed E-state index contributed by atoms with van der Waals surface area (Å²) in [6.45, 7) is 7.66. The van der Waals surface area contributed by atoms with E-state index >= 15 is 0 Å². The molecule has 6 nitrogen and oxygen atoms in total. The van der Waals surface area contributed by atoms with E-state index in [1.165, 1.54) is 32.1 Å². The van der Waals surface area contributed by atoms with Crippen molar-refractivity contribution in [1.82, 2.24) is 5.48 Å². The number of ether oxygens (including phenoxy) is 1. The number of rotatable bonds is 16. The highest BCUT2D eigenvalue weighted by atomic mass is 16.7. The van der Waals surface area contributed by atoms with E-state index in [0.717, 1.165) is 25.3 Å². The zero-order valence-electron chi connectivity index (χ0n) is 16.6. The minimum absolute atomic E-state index is 0.00459. The standard InChI is InChI=1S/C20H37NO5/c1-4-7-8-9-10-11-12-13-15-20(6-3,25-17-14-16-22)19(24)21-26-18(23)5-2/h5,22H,2,4,6-17H2,1,3H3,(H,21,24). The minimum Gasteiger partial charge on any atom is -0.396 e. The maximum Gasteiger partial charge on any atom is 0.355 e. The average molecular weight is 372 g/mol. The van der Waals surface area contributed by atoms with Crippen molar-refractivity contribution in [2.75, 3.05) is 13.2 Å². The van der Waals surface area contributed by atoms with Crippen molar-refractivity contribution < 1.29 is 24.3 Å². The molecule has 0 aliphatic carbocycles. The highest BCUT2D eigenvalue weighted by Gasteiger charge is 2.38. The summed E-state index contributed by atoms with van der Waals surface area (Å²) in [5, 5.41) is 8.96. The maximum atomic E-state index is 12.5. The predicted octanol–water partition coefficient (Wildman–Crippen LogP) is 3.83. The third-order valence-electron chi connectivity index (χ3n) is 4.51. The molecule has 152 valence electrons. The van der Waals surface area contributed by atoms with E-state index in [4.69, 9.17) is 9.84 Å². The van der Waals surface area contributed by atoms with E-state index in [-0.39, 0.29) is 13.2 Å². The molecule has 0 radical (unpaired) electrons. The van der Waals surface area contributed by atoms with Crippen LogP contribution in [0.4, 0.5) is 0 Å². The van der Waals surface area contributed by atoms with Gasteiger partial charge in [0.05, 0.1) is 6.61 Å². The predicted molar refractivity (Wildman–Crippen MR) is 102 cm³/mol. The van der Waals surface area contributed by atoms with Crippen molar-refractivity contribution >= 4 is 11.9 Å². The van der Waals surface area contributed by atoms with E-state index in [0.29, 0.717) is 19.3 Å². The molecule has 1 amide bonds. The fourth-order valence-electron chi connectivity index (χ4n) is 2.80. The van der Waals surface area contributed by atoms with Crippen molar-refractivity contribution in [3.05, 3.63) is 12.7 Å². The van der Waals surface area contributed by atoms with Crippen molar-refractivity contribution in [3.63, 3.8) is 0 Å². The quantitative estimate of drug-likeness (QED) is 0.245. The largest absolute Gasteiger partial charge is 0.396 e. The smallest absolute Gasteiger partial charge is 0.355 e. The van der Waals surface area contributed by atoms with E-state index in [1.807, 2.05) is 6.92 Å². The number of hydrogen-bond acceptors (Lipinski definition) is 5. The lowest BCUT2D eigenvalue weighted by Gasteiger charge is -2.31. The van der Waals surface area contributed by atoms with E-state index < -0.39 is 17.5 Å². The van der Waals surface area contributed by atoms with Crippen LogP contribution < -0.4 is 5.48 Å². The van der Waals surface area contributed by atoms with Crippen LogP contribution in [0.2, 0.25) is 0 Å². The molecule has 1 atom stereocenters. The molecule has 0 aromatic heterocycles. The molecule has 0 aliphatic heterocycles. The number of unbranched alkanes of at least 4 members (excludes halogenated alkanes) is 7. The molecule has 0 heterocycles. The first-order valence-electron chi connectivity index (χ1n) is 9.94. The number of hydroxylamine groups is 1. The second kappa shape index (κ2) is 15.8. The lowest BCUT2D eigenvalue weighted by atomic mass is 9.91. The first kappa shape index (κ1) is 24.6. The van der Waals surface area contributed by atoms with Gasteiger partial charge in [-0.15, -0.1) is 0 Å².